The molecule has 0 heterocycles. The molecular formula is C10H14O3. The molecule has 0 fully saturated rings. The molecule has 0 saturated carbocycles. The van der Waals surface area contributed by atoms with Gasteiger partial charge in [-0.2, -0.15) is 0 Å². The third-order valence-corrected chi connectivity index (χ3v) is 1.62. The van der Waals surface area contributed by atoms with Gasteiger partial charge >= 0.3 is 5.97 Å². The molecule has 0 aromatic heterocycles. The molecule has 0 aromatic rings. The number of ether oxygens (including phenoxy) is 2. The van der Waals surface area contributed by atoms with Crippen molar-refractivity contribution in [1.82, 2.24) is 0 Å². The first-order valence-electron chi connectivity index (χ1n) is 3.75. The lowest BCUT2D eigenvalue weighted by atomic mass is 9.92. The number of hydrogen-bond acceptors (Lipinski definition) is 3. The van der Waals surface area contributed by atoms with Crippen LogP contribution in [0.2, 0.25) is 0 Å². The van der Waals surface area contributed by atoms with Gasteiger partial charge in [-0.15, -0.1) is 0 Å². The van der Waals surface area contributed by atoms with Crippen molar-refractivity contribution in [2.75, 3.05) is 0 Å². The molecule has 72 valence electrons. The van der Waals surface area contributed by atoms with Crippen molar-refractivity contribution in [3.05, 3.63) is 38.0 Å². The molecule has 13 heavy (non-hydrogen) atoms. The summed E-state index contributed by atoms with van der Waals surface area (Å²) in [5, 5.41) is 0. The molecule has 0 N–H and O–H groups in total. The zero-order valence-corrected chi connectivity index (χ0v) is 8.00. The quantitative estimate of drug-likeness (QED) is 0.483. The Labute approximate surface area is 78.3 Å². The lowest BCUT2D eigenvalue weighted by Crippen LogP contribution is -2.27. The van der Waals surface area contributed by atoms with Crippen LogP contribution in [0.5, 0.6) is 0 Å². The molecule has 0 aliphatic carbocycles. The number of carbonyl (C=O) groups excluding carboxylic acids is 1. The highest BCUT2D eigenvalue weighted by Crippen LogP contribution is 2.27. The normalized spacial score (nSPS) is 10.0. The number of esters is 1. The van der Waals surface area contributed by atoms with Crippen molar-refractivity contribution in [3.8, 4) is 0 Å². The van der Waals surface area contributed by atoms with Crippen LogP contribution in [-0.4, -0.2) is 5.97 Å². The van der Waals surface area contributed by atoms with Crippen LogP contribution in [0.25, 0.3) is 0 Å². The highest BCUT2D eigenvalue weighted by molar-refractivity contribution is 5.79. The smallest absolute Gasteiger partial charge is 0.323 e. The fourth-order valence-electron chi connectivity index (χ4n) is 0.585. The van der Waals surface area contributed by atoms with Gasteiger partial charge in [0.2, 0.25) is 0 Å². The van der Waals surface area contributed by atoms with E-state index >= 15 is 0 Å². The second-order valence-corrected chi connectivity index (χ2v) is 2.90. The van der Waals surface area contributed by atoms with E-state index in [9.17, 15) is 4.79 Å². The minimum absolute atomic E-state index is 0.286. The predicted molar refractivity (Wildman–Crippen MR) is 50.5 cm³/mol. The first-order chi connectivity index (χ1) is 5.96. The third-order valence-electron chi connectivity index (χ3n) is 1.62. The maximum absolute atomic E-state index is 11.3. The standard InChI is InChI=1S/C10H14O3/c1-6-12-8(3)10(4,5)9(11)13-7-2/h6-7H,1-3H2,4-5H3. The average molecular weight is 182 g/mol. The van der Waals surface area contributed by atoms with E-state index in [1.165, 1.54) is 6.26 Å². The summed E-state index contributed by atoms with van der Waals surface area (Å²) in [6.45, 7) is 13.5. The van der Waals surface area contributed by atoms with Crippen molar-refractivity contribution in [2.24, 2.45) is 5.41 Å². The summed E-state index contributed by atoms with van der Waals surface area (Å²) < 4.78 is 9.53. The molecular weight excluding hydrogens is 168 g/mol. The van der Waals surface area contributed by atoms with Crippen molar-refractivity contribution in [1.29, 1.82) is 0 Å². The zero-order chi connectivity index (χ0) is 10.5. The molecule has 0 unspecified atom stereocenters. The topological polar surface area (TPSA) is 35.5 Å². The van der Waals surface area contributed by atoms with Gasteiger partial charge in [-0.25, -0.2) is 0 Å². The van der Waals surface area contributed by atoms with Gasteiger partial charge < -0.3 is 9.47 Å². The zero-order valence-electron chi connectivity index (χ0n) is 8.00. The van der Waals surface area contributed by atoms with Gasteiger partial charge in [-0.3, -0.25) is 4.79 Å². The minimum atomic E-state index is -0.900. The van der Waals surface area contributed by atoms with E-state index in [-0.39, 0.29) is 5.76 Å². The van der Waals surface area contributed by atoms with Crippen LogP contribution in [0.15, 0.2) is 38.0 Å². The maximum atomic E-state index is 11.3. The SMILES string of the molecule is C=COC(=C)C(C)(C)C(=O)OC=C. The van der Waals surface area contributed by atoms with Gasteiger partial charge in [-0.1, -0.05) is 19.7 Å². The summed E-state index contributed by atoms with van der Waals surface area (Å²) >= 11 is 0. The molecule has 0 amide bonds. The van der Waals surface area contributed by atoms with E-state index in [0.29, 0.717) is 0 Å². The Morgan fingerprint density at radius 1 is 1.23 bits per heavy atom. The van der Waals surface area contributed by atoms with E-state index in [2.05, 4.69) is 24.5 Å². The van der Waals surface area contributed by atoms with Crippen LogP contribution < -0.4 is 0 Å². The lowest BCUT2D eigenvalue weighted by molar-refractivity contribution is -0.147. The Bertz CT molecular complexity index is 215. The fourth-order valence-corrected chi connectivity index (χ4v) is 0.585. The molecule has 3 nitrogen and oxygen atoms in total. The predicted octanol–water partition coefficient (Wildman–Crippen LogP) is 2.37. The van der Waals surface area contributed by atoms with Crippen LogP contribution in [0.3, 0.4) is 0 Å². The Hall–Kier alpha value is -1.51. The van der Waals surface area contributed by atoms with E-state index < -0.39 is 11.4 Å². The largest absolute Gasteiger partial charge is 0.469 e. The summed E-state index contributed by atoms with van der Waals surface area (Å²) in [6, 6.07) is 0. The summed E-state index contributed by atoms with van der Waals surface area (Å²) in [5.74, 6) is -0.177. The van der Waals surface area contributed by atoms with Gasteiger partial charge in [0.1, 0.15) is 11.2 Å². The number of carbonyl (C=O) groups is 1. The molecule has 0 bridgehead atoms. The molecule has 0 aliphatic rings. The summed E-state index contributed by atoms with van der Waals surface area (Å²) in [7, 11) is 0. The van der Waals surface area contributed by atoms with Gasteiger partial charge in [0.25, 0.3) is 0 Å². The second kappa shape index (κ2) is 4.50. The van der Waals surface area contributed by atoms with Crippen molar-refractivity contribution in [2.45, 2.75) is 13.8 Å². The van der Waals surface area contributed by atoms with Crippen LogP contribution in [-0.2, 0) is 14.3 Å². The summed E-state index contributed by atoms with van der Waals surface area (Å²) in [5.41, 5.74) is -0.900. The van der Waals surface area contributed by atoms with Crippen LogP contribution in [0, 0.1) is 5.41 Å². The molecule has 0 radical (unpaired) electrons. The van der Waals surface area contributed by atoms with E-state index in [1.54, 1.807) is 13.8 Å². The van der Waals surface area contributed by atoms with Gasteiger partial charge in [0.15, 0.2) is 0 Å². The van der Waals surface area contributed by atoms with E-state index in [0.717, 1.165) is 6.26 Å². The summed E-state index contributed by atoms with van der Waals surface area (Å²) in [6.07, 6.45) is 2.29. The average Bonchev–Trinajstić information content (AvgIpc) is 2.05. The Balaban J connectivity index is 4.53. The number of hydrogen-bond donors (Lipinski definition) is 0. The van der Waals surface area contributed by atoms with E-state index in [1.807, 2.05) is 0 Å². The van der Waals surface area contributed by atoms with Crippen LogP contribution >= 0.6 is 0 Å². The molecule has 0 rings (SSSR count). The monoisotopic (exact) mass is 182 g/mol. The highest BCUT2D eigenvalue weighted by Gasteiger charge is 2.33. The van der Waals surface area contributed by atoms with Crippen molar-refractivity contribution < 1.29 is 14.3 Å². The molecule has 0 spiro atoms. The number of rotatable bonds is 5. The summed E-state index contributed by atoms with van der Waals surface area (Å²) in [4.78, 5) is 11.3. The Kier molecular flexibility index (Phi) is 3.98. The first kappa shape index (κ1) is 11.5. The molecule has 0 aliphatic heterocycles. The first-order valence-corrected chi connectivity index (χ1v) is 3.75. The Morgan fingerprint density at radius 3 is 2.08 bits per heavy atom. The minimum Gasteiger partial charge on any atom is -0.469 e. The maximum Gasteiger partial charge on any atom is 0.323 e. The molecule has 0 saturated heterocycles. The fraction of sp³-hybridized carbons (Fsp3) is 0.300. The second-order valence-electron chi connectivity index (χ2n) is 2.90. The molecule has 3 heteroatoms. The van der Waals surface area contributed by atoms with Gasteiger partial charge in [-0.05, 0) is 13.8 Å². The van der Waals surface area contributed by atoms with Crippen LogP contribution in [0.4, 0.5) is 0 Å². The lowest BCUT2D eigenvalue weighted by Gasteiger charge is -2.22. The van der Waals surface area contributed by atoms with Crippen molar-refractivity contribution >= 4 is 5.97 Å². The Morgan fingerprint density at radius 2 is 1.69 bits per heavy atom. The van der Waals surface area contributed by atoms with Crippen LogP contribution in [0.1, 0.15) is 13.8 Å². The van der Waals surface area contributed by atoms with E-state index in [4.69, 9.17) is 4.74 Å². The third kappa shape index (κ3) is 2.78. The highest BCUT2D eigenvalue weighted by atomic mass is 16.5. The molecule has 0 aromatic carbocycles. The molecule has 0 atom stereocenters. The van der Waals surface area contributed by atoms with Crippen molar-refractivity contribution in [3.63, 3.8) is 0 Å². The van der Waals surface area contributed by atoms with Gasteiger partial charge in [0.05, 0.1) is 12.5 Å². The van der Waals surface area contributed by atoms with Gasteiger partial charge in [0, 0.05) is 0 Å².